The van der Waals surface area contributed by atoms with E-state index in [1.54, 1.807) is 6.92 Å². The Morgan fingerprint density at radius 2 is 1.92 bits per heavy atom. The number of nitriles is 1. The number of amides is 1. The van der Waals surface area contributed by atoms with Crippen molar-refractivity contribution in [2.24, 2.45) is 10.9 Å². The molecule has 1 amide bonds. The van der Waals surface area contributed by atoms with Crippen molar-refractivity contribution in [2.75, 3.05) is 43.9 Å². The van der Waals surface area contributed by atoms with Crippen LogP contribution in [-0.2, 0) is 26.2 Å². The van der Waals surface area contributed by atoms with Crippen molar-refractivity contribution < 1.29 is 23.9 Å². The van der Waals surface area contributed by atoms with E-state index in [2.05, 4.69) is 35.0 Å². The van der Waals surface area contributed by atoms with Crippen LogP contribution in [0.15, 0.2) is 17.3 Å². The summed E-state index contributed by atoms with van der Waals surface area (Å²) < 4.78 is 12.3. The van der Waals surface area contributed by atoms with Crippen molar-refractivity contribution in [2.45, 2.75) is 115 Å². The lowest BCUT2D eigenvalue weighted by molar-refractivity contribution is -0.150. The average molecular weight is 707 g/mol. The van der Waals surface area contributed by atoms with E-state index in [9.17, 15) is 14.9 Å². The van der Waals surface area contributed by atoms with Crippen LogP contribution in [0.4, 0.5) is 15.5 Å². The molecule has 270 valence electrons. The van der Waals surface area contributed by atoms with Crippen molar-refractivity contribution in [3.05, 3.63) is 33.8 Å². The Hall–Kier alpha value is -4.09. The number of hydrogen-bond donors (Lipinski definition) is 2. The van der Waals surface area contributed by atoms with E-state index in [-0.39, 0.29) is 29.6 Å². The third-order valence-electron chi connectivity index (χ3n) is 10.8. The van der Waals surface area contributed by atoms with Crippen LogP contribution >= 0.6 is 11.3 Å². The fourth-order valence-corrected chi connectivity index (χ4v) is 9.21. The monoisotopic (exact) mass is 706 g/mol. The Balaban J connectivity index is 1.28. The van der Waals surface area contributed by atoms with Crippen LogP contribution in [0.2, 0.25) is 0 Å². The van der Waals surface area contributed by atoms with Gasteiger partial charge in [-0.1, -0.05) is 5.16 Å². The van der Waals surface area contributed by atoms with Gasteiger partial charge < -0.3 is 30.7 Å². The van der Waals surface area contributed by atoms with Gasteiger partial charge in [-0.25, -0.2) is 14.6 Å². The summed E-state index contributed by atoms with van der Waals surface area (Å²) in [5.74, 6) is -0.291. The third kappa shape index (κ3) is 6.82. The predicted molar refractivity (Wildman–Crippen MR) is 192 cm³/mol. The number of nitrogen functional groups attached to an aromatic ring is 1. The lowest BCUT2D eigenvalue weighted by Crippen LogP contribution is -2.67. The number of likely N-dealkylation sites (tertiary alicyclic amines) is 1. The number of carbonyl (C=O) groups is 2. The standard InChI is InChI=1S/C36H50N8O5S/c1-22(26-10-8-15-42(26)6)47-28-19-23(43-16-17-44(33(46)48-34(2,3)4)36(21-43)13-9-14-36)18-25(40-28)30(38)41-49-32(45)35(5)12-7-11-27-29(35)24(20-37)31(39)50-27/h18-19,22,26H,7-17,21,39H2,1-6H3,(H2,38,41)/t22-,26-,35-/m0/s1. The molecule has 0 aromatic carbocycles. The Morgan fingerprint density at radius 1 is 1.16 bits per heavy atom. The number of carbonyl (C=O) groups excluding carboxylic acids is 2. The highest BCUT2D eigenvalue weighted by molar-refractivity contribution is 7.16. The summed E-state index contributed by atoms with van der Waals surface area (Å²) >= 11 is 1.35. The maximum atomic E-state index is 13.7. The van der Waals surface area contributed by atoms with Gasteiger partial charge in [0.15, 0.2) is 5.84 Å². The fraction of sp³-hybridized carbons (Fsp3) is 0.639. The zero-order valence-electron chi connectivity index (χ0n) is 30.1. The van der Waals surface area contributed by atoms with Gasteiger partial charge in [-0.2, -0.15) is 5.26 Å². The Kier molecular flexibility index (Phi) is 9.69. The molecule has 2 saturated heterocycles. The molecule has 3 atom stereocenters. The molecule has 0 unspecified atom stereocenters. The first-order chi connectivity index (χ1) is 23.6. The van der Waals surface area contributed by atoms with E-state index in [4.69, 9.17) is 30.8 Å². The van der Waals surface area contributed by atoms with Gasteiger partial charge in [0.05, 0.1) is 16.5 Å². The third-order valence-corrected chi connectivity index (χ3v) is 11.9. The van der Waals surface area contributed by atoms with Gasteiger partial charge in [0.25, 0.3) is 0 Å². The number of likely N-dealkylation sites (N-methyl/N-ethyl adjacent to an activating group) is 1. The fourth-order valence-electron chi connectivity index (χ4n) is 8.01. The molecule has 50 heavy (non-hydrogen) atoms. The predicted octanol–water partition coefficient (Wildman–Crippen LogP) is 4.90. The number of amidine groups is 1. The molecule has 6 rings (SSSR count). The van der Waals surface area contributed by atoms with Crippen LogP contribution in [0.1, 0.15) is 101 Å². The summed E-state index contributed by atoms with van der Waals surface area (Å²) in [5.41, 5.74) is 12.7. The molecule has 0 radical (unpaired) electrons. The van der Waals surface area contributed by atoms with Gasteiger partial charge in [0.2, 0.25) is 5.88 Å². The normalized spacial score (nSPS) is 24.3. The number of thiophene rings is 1. The lowest BCUT2D eigenvalue weighted by atomic mass is 9.72. The number of rotatable bonds is 7. The van der Waals surface area contributed by atoms with Gasteiger partial charge in [0, 0.05) is 47.9 Å². The second kappa shape index (κ2) is 13.6. The number of ether oxygens (including phenoxy) is 2. The van der Waals surface area contributed by atoms with E-state index < -0.39 is 17.0 Å². The molecule has 14 heteroatoms. The van der Waals surface area contributed by atoms with Crippen molar-refractivity contribution >= 4 is 39.9 Å². The molecule has 4 heterocycles. The zero-order valence-corrected chi connectivity index (χ0v) is 30.9. The number of nitrogens with zero attached hydrogens (tertiary/aromatic N) is 6. The van der Waals surface area contributed by atoms with Gasteiger partial charge in [-0.15, -0.1) is 11.3 Å². The summed E-state index contributed by atoms with van der Waals surface area (Å²) in [6.07, 6.45) is 6.53. The number of hydrogen-bond acceptors (Lipinski definition) is 12. The van der Waals surface area contributed by atoms with Crippen LogP contribution < -0.4 is 21.1 Å². The topological polar surface area (TPSA) is 173 Å². The Morgan fingerprint density at radius 3 is 2.56 bits per heavy atom. The molecule has 0 bridgehead atoms. The maximum absolute atomic E-state index is 13.7. The summed E-state index contributed by atoms with van der Waals surface area (Å²) in [7, 11) is 2.10. The summed E-state index contributed by atoms with van der Waals surface area (Å²) in [4.78, 5) is 44.5. The Labute approximate surface area is 298 Å². The first-order valence-corrected chi connectivity index (χ1v) is 18.5. The molecule has 1 spiro atoms. The smallest absolute Gasteiger partial charge is 0.410 e. The molecule has 4 N–H and O–H groups in total. The Bertz CT molecular complexity index is 1710. The highest BCUT2D eigenvalue weighted by atomic mass is 32.1. The van der Waals surface area contributed by atoms with Crippen molar-refractivity contribution in [3.63, 3.8) is 0 Å². The summed E-state index contributed by atoms with van der Waals surface area (Å²) in [6, 6.07) is 6.17. The largest absolute Gasteiger partial charge is 0.473 e. The van der Waals surface area contributed by atoms with E-state index in [0.29, 0.717) is 53.8 Å². The molecule has 2 aromatic heterocycles. The summed E-state index contributed by atoms with van der Waals surface area (Å²) in [5, 5.41) is 14.3. The number of fused-ring (bicyclic) bond motifs is 1. The van der Waals surface area contributed by atoms with Crippen LogP contribution in [0.3, 0.4) is 0 Å². The van der Waals surface area contributed by atoms with Crippen molar-refractivity contribution in [1.29, 1.82) is 5.26 Å². The lowest BCUT2D eigenvalue weighted by Gasteiger charge is -2.56. The van der Waals surface area contributed by atoms with Gasteiger partial charge in [-0.3, -0.25) is 9.80 Å². The van der Waals surface area contributed by atoms with Crippen molar-refractivity contribution in [3.8, 4) is 11.9 Å². The quantitative estimate of drug-likeness (QED) is 0.174. The molecule has 1 saturated carbocycles. The molecule has 13 nitrogen and oxygen atoms in total. The number of anilines is 2. The van der Waals surface area contributed by atoms with E-state index in [1.165, 1.54) is 11.3 Å². The summed E-state index contributed by atoms with van der Waals surface area (Å²) in [6.45, 7) is 12.2. The molecule has 2 aliphatic carbocycles. The zero-order chi connectivity index (χ0) is 36.0. The minimum atomic E-state index is -1.09. The molecular weight excluding hydrogens is 657 g/mol. The highest BCUT2D eigenvalue weighted by Crippen LogP contribution is 2.46. The first-order valence-electron chi connectivity index (χ1n) is 17.7. The first kappa shape index (κ1) is 35.7. The number of aryl methyl sites for hydroxylation is 1. The minimum Gasteiger partial charge on any atom is -0.473 e. The highest BCUT2D eigenvalue weighted by Gasteiger charge is 2.50. The number of nitrogens with two attached hydrogens (primary N) is 2. The van der Waals surface area contributed by atoms with E-state index >= 15 is 0 Å². The van der Waals surface area contributed by atoms with Crippen molar-refractivity contribution in [1.82, 2.24) is 14.8 Å². The van der Waals surface area contributed by atoms with E-state index in [1.807, 2.05) is 37.8 Å². The van der Waals surface area contributed by atoms with Crippen LogP contribution in [0, 0.1) is 11.3 Å². The maximum Gasteiger partial charge on any atom is 0.410 e. The molecule has 2 aliphatic heterocycles. The molecule has 2 aromatic rings. The molecular formula is C36H50N8O5S. The average Bonchev–Trinajstić information content (AvgIpc) is 3.63. The van der Waals surface area contributed by atoms with Gasteiger partial charge in [0.1, 0.15) is 28.5 Å². The second-order valence-electron chi connectivity index (χ2n) is 15.5. The second-order valence-corrected chi connectivity index (χ2v) is 16.6. The number of pyridine rings is 1. The minimum absolute atomic E-state index is 0.0774. The number of aromatic nitrogens is 1. The molecule has 3 fully saturated rings. The number of piperazine rings is 1. The van der Waals surface area contributed by atoms with Gasteiger partial charge in [-0.05, 0) is 106 Å². The van der Waals surface area contributed by atoms with Gasteiger partial charge >= 0.3 is 12.1 Å². The number of oxime groups is 1. The van der Waals surface area contributed by atoms with Crippen LogP contribution in [-0.4, -0.2) is 89.2 Å². The van der Waals surface area contributed by atoms with Crippen LogP contribution in [0.5, 0.6) is 5.88 Å². The molecule has 4 aliphatic rings. The van der Waals surface area contributed by atoms with Crippen LogP contribution in [0.25, 0.3) is 0 Å². The van der Waals surface area contributed by atoms with E-state index in [0.717, 1.165) is 62.1 Å². The SMILES string of the molecule is C[C@H](Oc1cc(N2CCN(C(=O)OC(C)(C)C)C3(CCC3)C2)cc(/C(N)=N/OC(=O)[C@@]2(C)CCCc3sc(N)c(C#N)c32)n1)[C@@H]1CCCN1C.